The first-order valence-corrected chi connectivity index (χ1v) is 12.8. The Labute approximate surface area is 225 Å². The molecule has 0 amide bonds. The maximum atomic E-state index is 15.6. The van der Waals surface area contributed by atoms with E-state index >= 15 is 8.78 Å². The third kappa shape index (κ3) is 5.59. The first kappa shape index (κ1) is 26.6. The Kier molecular flexibility index (Phi) is 7.03. The van der Waals surface area contributed by atoms with Crippen LogP contribution in [0.3, 0.4) is 0 Å². The van der Waals surface area contributed by atoms with Gasteiger partial charge < -0.3 is 5.11 Å². The highest BCUT2D eigenvalue weighted by Crippen LogP contribution is 2.42. The van der Waals surface area contributed by atoms with Crippen molar-refractivity contribution >= 4 is 22.8 Å². The minimum absolute atomic E-state index is 0.0156. The first-order chi connectivity index (χ1) is 18.5. The standard InChI is InChI=1S/C32H29F3N2O2/c1-19-12-25-16-22(21-5-6-24-17-36-11-10-23(24)15-21)7-8-26(25)31(37(19)18-32(2,3)35)30-27(33)13-20(14-28(30)34)4-9-29(38)39/h4-11,13-17,19,31H,12,18H2,1-3H3,(H,38,39)/b9-4+/t19-,31?/m1/s1. The van der Waals surface area contributed by atoms with Crippen LogP contribution in [0.1, 0.15) is 49.1 Å². The predicted molar refractivity (Wildman–Crippen MR) is 147 cm³/mol. The molecule has 0 spiro atoms. The zero-order valence-corrected chi connectivity index (χ0v) is 22.0. The molecule has 2 atom stereocenters. The van der Waals surface area contributed by atoms with E-state index in [-0.39, 0.29) is 23.7 Å². The van der Waals surface area contributed by atoms with E-state index in [1.807, 2.05) is 48.4 Å². The Bertz CT molecular complexity index is 1570. The number of nitrogens with zero attached hydrogens (tertiary/aromatic N) is 2. The maximum Gasteiger partial charge on any atom is 0.328 e. The molecule has 1 unspecified atom stereocenters. The number of hydrogen-bond donors (Lipinski definition) is 1. The topological polar surface area (TPSA) is 53.4 Å². The number of fused-ring (bicyclic) bond motifs is 2. The molecule has 7 heteroatoms. The lowest BCUT2D eigenvalue weighted by atomic mass is 9.82. The predicted octanol–water partition coefficient (Wildman–Crippen LogP) is 7.36. The summed E-state index contributed by atoms with van der Waals surface area (Å²) in [5, 5.41) is 11.0. The van der Waals surface area contributed by atoms with Gasteiger partial charge in [-0.1, -0.05) is 30.3 Å². The number of pyridine rings is 1. The van der Waals surface area contributed by atoms with Gasteiger partial charge in [-0.15, -0.1) is 0 Å². The Hall–Kier alpha value is -3.97. The number of rotatable bonds is 6. The normalized spacial score (nSPS) is 18.0. The number of aliphatic carboxylic acids is 1. The summed E-state index contributed by atoms with van der Waals surface area (Å²) >= 11 is 0. The molecule has 0 fully saturated rings. The molecule has 4 nitrogen and oxygen atoms in total. The van der Waals surface area contributed by atoms with E-state index in [9.17, 15) is 9.18 Å². The molecule has 0 saturated heterocycles. The second kappa shape index (κ2) is 10.3. The second-order valence-electron chi connectivity index (χ2n) is 10.8. The SMILES string of the molecule is C[C@@H]1Cc2cc(-c3ccc4cnccc4c3)ccc2C(c2c(F)cc(/C=C/C(=O)O)cc2F)N1CC(C)(C)F. The van der Waals surface area contributed by atoms with E-state index in [0.29, 0.717) is 6.42 Å². The summed E-state index contributed by atoms with van der Waals surface area (Å²) in [5.41, 5.74) is 1.98. The summed E-state index contributed by atoms with van der Waals surface area (Å²) in [6.45, 7) is 4.84. The van der Waals surface area contributed by atoms with E-state index in [0.717, 1.165) is 57.3 Å². The molecular formula is C32H29F3N2O2. The highest BCUT2D eigenvalue weighted by atomic mass is 19.1. The molecule has 1 N–H and O–H groups in total. The van der Waals surface area contributed by atoms with Crippen LogP contribution >= 0.6 is 0 Å². The second-order valence-corrected chi connectivity index (χ2v) is 10.8. The van der Waals surface area contributed by atoms with E-state index < -0.39 is 29.3 Å². The van der Waals surface area contributed by atoms with Crippen molar-refractivity contribution in [1.29, 1.82) is 0 Å². The van der Waals surface area contributed by atoms with Gasteiger partial charge in [-0.3, -0.25) is 9.88 Å². The van der Waals surface area contributed by atoms with Crippen molar-refractivity contribution in [2.75, 3.05) is 6.54 Å². The average molecular weight is 531 g/mol. The third-order valence-electron chi connectivity index (χ3n) is 7.18. The Morgan fingerprint density at radius 3 is 2.44 bits per heavy atom. The van der Waals surface area contributed by atoms with E-state index in [1.165, 1.54) is 13.8 Å². The summed E-state index contributed by atoms with van der Waals surface area (Å²) in [6.07, 6.45) is 6.12. The fraction of sp³-hybridized carbons (Fsp3) is 0.250. The van der Waals surface area contributed by atoms with Crippen LogP contribution in [-0.4, -0.2) is 39.2 Å². The van der Waals surface area contributed by atoms with Crippen molar-refractivity contribution in [3.05, 3.63) is 107 Å². The van der Waals surface area contributed by atoms with E-state index in [4.69, 9.17) is 5.11 Å². The quantitative estimate of drug-likeness (QED) is 0.265. The lowest BCUT2D eigenvalue weighted by Gasteiger charge is -2.44. The van der Waals surface area contributed by atoms with Crippen LogP contribution < -0.4 is 0 Å². The average Bonchev–Trinajstić information content (AvgIpc) is 2.87. The molecule has 0 aliphatic carbocycles. The van der Waals surface area contributed by atoms with Crippen LogP contribution in [0, 0.1) is 11.6 Å². The molecule has 1 aliphatic rings. The smallest absolute Gasteiger partial charge is 0.328 e. The van der Waals surface area contributed by atoms with Crippen molar-refractivity contribution in [1.82, 2.24) is 9.88 Å². The van der Waals surface area contributed by atoms with E-state index in [1.54, 1.807) is 6.20 Å². The zero-order chi connectivity index (χ0) is 27.9. The van der Waals surface area contributed by atoms with Gasteiger partial charge in [0, 0.05) is 42.0 Å². The van der Waals surface area contributed by atoms with Gasteiger partial charge in [-0.05, 0) is 90.7 Å². The molecule has 1 aromatic heterocycles. The van der Waals surface area contributed by atoms with Crippen LogP contribution in [0.2, 0.25) is 0 Å². The lowest BCUT2D eigenvalue weighted by molar-refractivity contribution is -0.131. The number of benzene rings is 3. The van der Waals surface area contributed by atoms with Gasteiger partial charge in [0.05, 0.1) is 6.04 Å². The van der Waals surface area contributed by atoms with Gasteiger partial charge >= 0.3 is 5.97 Å². The van der Waals surface area contributed by atoms with Gasteiger partial charge in [-0.2, -0.15) is 0 Å². The number of carbonyl (C=O) groups is 1. The van der Waals surface area contributed by atoms with Gasteiger partial charge in [0.1, 0.15) is 17.3 Å². The number of alkyl halides is 1. The fourth-order valence-electron chi connectivity index (χ4n) is 5.49. The molecule has 39 heavy (non-hydrogen) atoms. The number of carboxylic acids is 1. The summed E-state index contributed by atoms with van der Waals surface area (Å²) < 4.78 is 46.2. The Morgan fingerprint density at radius 2 is 1.74 bits per heavy atom. The molecule has 0 radical (unpaired) electrons. The van der Waals surface area contributed by atoms with Gasteiger partial charge in [-0.25, -0.2) is 18.0 Å². The maximum absolute atomic E-state index is 15.6. The molecule has 0 saturated carbocycles. The van der Waals surface area contributed by atoms with Crippen LogP contribution in [0.5, 0.6) is 0 Å². The van der Waals surface area contributed by atoms with Crippen LogP contribution in [0.4, 0.5) is 13.2 Å². The lowest BCUT2D eigenvalue weighted by Crippen LogP contribution is -2.48. The van der Waals surface area contributed by atoms with Crippen LogP contribution in [0.15, 0.2) is 73.1 Å². The monoisotopic (exact) mass is 530 g/mol. The zero-order valence-electron chi connectivity index (χ0n) is 22.0. The van der Waals surface area contributed by atoms with Crippen molar-refractivity contribution in [2.45, 2.75) is 44.9 Å². The molecule has 5 rings (SSSR count). The Balaban J connectivity index is 1.63. The van der Waals surface area contributed by atoms with Crippen LogP contribution in [-0.2, 0) is 11.2 Å². The molecule has 3 aromatic carbocycles. The number of hydrogen-bond acceptors (Lipinski definition) is 3. The minimum Gasteiger partial charge on any atom is -0.478 e. The molecule has 2 heterocycles. The molecule has 4 aromatic rings. The van der Waals surface area contributed by atoms with Crippen molar-refractivity contribution in [3.63, 3.8) is 0 Å². The van der Waals surface area contributed by atoms with Gasteiger partial charge in [0.25, 0.3) is 0 Å². The largest absolute Gasteiger partial charge is 0.478 e. The number of carboxylic acid groups (broad SMARTS) is 1. The minimum atomic E-state index is -1.60. The summed E-state index contributed by atoms with van der Waals surface area (Å²) in [5.74, 6) is -2.83. The fourth-order valence-corrected chi connectivity index (χ4v) is 5.49. The van der Waals surface area contributed by atoms with Crippen molar-refractivity contribution in [2.24, 2.45) is 0 Å². The third-order valence-corrected chi connectivity index (χ3v) is 7.18. The highest BCUT2D eigenvalue weighted by molar-refractivity contribution is 5.87. The summed E-state index contributed by atoms with van der Waals surface area (Å²) in [4.78, 5) is 16.9. The Morgan fingerprint density at radius 1 is 1.05 bits per heavy atom. The molecule has 0 bridgehead atoms. The highest BCUT2D eigenvalue weighted by Gasteiger charge is 2.39. The van der Waals surface area contributed by atoms with Gasteiger partial charge in [0.2, 0.25) is 0 Å². The van der Waals surface area contributed by atoms with Crippen LogP contribution in [0.25, 0.3) is 28.0 Å². The molecule has 1 aliphatic heterocycles. The first-order valence-electron chi connectivity index (χ1n) is 12.8. The van der Waals surface area contributed by atoms with Crippen molar-refractivity contribution < 1.29 is 23.1 Å². The number of aromatic nitrogens is 1. The summed E-state index contributed by atoms with van der Waals surface area (Å²) in [7, 11) is 0. The number of halogens is 3. The molecular weight excluding hydrogens is 501 g/mol. The molecule has 200 valence electrons. The van der Waals surface area contributed by atoms with Crippen molar-refractivity contribution in [3.8, 4) is 11.1 Å². The van der Waals surface area contributed by atoms with E-state index in [2.05, 4.69) is 17.1 Å². The van der Waals surface area contributed by atoms with Gasteiger partial charge in [0.15, 0.2) is 0 Å². The summed E-state index contributed by atoms with van der Waals surface area (Å²) in [6, 6.07) is 15.1.